The molecule has 0 spiro atoms. The van der Waals surface area contributed by atoms with Crippen LogP contribution in [0, 0.1) is 0 Å². The van der Waals surface area contributed by atoms with E-state index in [0.29, 0.717) is 6.04 Å². The first kappa shape index (κ1) is 14.0. The van der Waals surface area contributed by atoms with E-state index in [2.05, 4.69) is 31.1 Å². The molecule has 0 aliphatic heterocycles. The number of rotatable bonds is 7. The molecule has 1 N–H and O–H groups in total. The zero-order valence-corrected chi connectivity index (χ0v) is 11.5. The molecule has 1 fully saturated rings. The van der Waals surface area contributed by atoms with Crippen LogP contribution < -0.4 is 5.32 Å². The van der Waals surface area contributed by atoms with E-state index in [1.54, 1.807) is 0 Å². The summed E-state index contributed by atoms with van der Waals surface area (Å²) in [6.07, 6.45) is 9.75. The topological polar surface area (TPSA) is 15.3 Å². The van der Waals surface area contributed by atoms with Crippen LogP contribution in [0.15, 0.2) is 0 Å². The Morgan fingerprint density at radius 3 is 2.56 bits per heavy atom. The highest BCUT2D eigenvalue weighted by Crippen LogP contribution is 2.21. The normalized spacial score (nSPS) is 20.2. The molecule has 0 heterocycles. The van der Waals surface area contributed by atoms with Crippen LogP contribution >= 0.6 is 0 Å². The van der Waals surface area contributed by atoms with Crippen LogP contribution in [-0.4, -0.2) is 37.1 Å². The highest BCUT2D eigenvalue weighted by Gasteiger charge is 2.17. The van der Waals surface area contributed by atoms with E-state index >= 15 is 0 Å². The number of nitrogens with zero attached hydrogens (tertiary/aromatic N) is 1. The lowest BCUT2D eigenvalue weighted by Gasteiger charge is -2.31. The summed E-state index contributed by atoms with van der Waals surface area (Å²) in [5, 5.41) is 3.61. The maximum Gasteiger partial charge on any atom is 0.0107 e. The standard InChI is InChI=1S/C14H30N2/c1-4-8-13(2)15-11-12-16(3)14-9-6-5-7-10-14/h13-15H,4-12H2,1-3H3. The van der Waals surface area contributed by atoms with Gasteiger partial charge in [-0.1, -0.05) is 32.6 Å². The van der Waals surface area contributed by atoms with Gasteiger partial charge in [-0.05, 0) is 33.2 Å². The Labute approximate surface area is 102 Å². The third-order valence-electron chi connectivity index (χ3n) is 3.88. The molecular weight excluding hydrogens is 196 g/mol. The first-order valence-corrected chi connectivity index (χ1v) is 7.17. The Hall–Kier alpha value is -0.0800. The van der Waals surface area contributed by atoms with Crippen LogP contribution in [0.2, 0.25) is 0 Å². The fourth-order valence-electron chi connectivity index (χ4n) is 2.73. The van der Waals surface area contributed by atoms with Gasteiger partial charge in [-0.15, -0.1) is 0 Å². The largest absolute Gasteiger partial charge is 0.313 e. The van der Waals surface area contributed by atoms with E-state index in [-0.39, 0.29) is 0 Å². The summed E-state index contributed by atoms with van der Waals surface area (Å²) < 4.78 is 0. The number of nitrogens with one attached hydrogen (secondary N) is 1. The smallest absolute Gasteiger partial charge is 0.0107 e. The number of likely N-dealkylation sites (N-methyl/N-ethyl adjacent to an activating group) is 1. The SMILES string of the molecule is CCCC(C)NCCN(C)C1CCCCC1. The number of hydrogen-bond donors (Lipinski definition) is 1. The number of hydrogen-bond acceptors (Lipinski definition) is 2. The third kappa shape index (κ3) is 5.31. The molecule has 0 aromatic carbocycles. The van der Waals surface area contributed by atoms with Gasteiger partial charge in [-0.3, -0.25) is 0 Å². The van der Waals surface area contributed by atoms with E-state index in [4.69, 9.17) is 0 Å². The molecule has 0 aromatic heterocycles. The summed E-state index contributed by atoms with van der Waals surface area (Å²) in [5.41, 5.74) is 0. The van der Waals surface area contributed by atoms with Crippen molar-refractivity contribution < 1.29 is 0 Å². The van der Waals surface area contributed by atoms with Gasteiger partial charge in [0.1, 0.15) is 0 Å². The lowest BCUT2D eigenvalue weighted by Crippen LogP contribution is -2.40. The molecule has 0 amide bonds. The molecule has 1 saturated carbocycles. The van der Waals surface area contributed by atoms with Gasteiger partial charge in [-0.25, -0.2) is 0 Å². The van der Waals surface area contributed by atoms with Crippen molar-refractivity contribution in [3.63, 3.8) is 0 Å². The molecule has 0 saturated heterocycles. The minimum absolute atomic E-state index is 0.685. The molecule has 0 radical (unpaired) electrons. The quantitative estimate of drug-likeness (QED) is 0.718. The zero-order chi connectivity index (χ0) is 11.8. The van der Waals surface area contributed by atoms with Gasteiger partial charge in [0.25, 0.3) is 0 Å². The van der Waals surface area contributed by atoms with Crippen LogP contribution in [0.4, 0.5) is 0 Å². The minimum Gasteiger partial charge on any atom is -0.313 e. The van der Waals surface area contributed by atoms with Crippen molar-refractivity contribution in [1.82, 2.24) is 10.2 Å². The van der Waals surface area contributed by atoms with Gasteiger partial charge < -0.3 is 10.2 Å². The predicted octanol–water partition coefficient (Wildman–Crippen LogP) is 3.03. The maximum absolute atomic E-state index is 3.61. The summed E-state index contributed by atoms with van der Waals surface area (Å²) in [7, 11) is 2.29. The van der Waals surface area contributed by atoms with Crippen LogP contribution in [0.3, 0.4) is 0 Å². The van der Waals surface area contributed by atoms with Crippen LogP contribution in [0.5, 0.6) is 0 Å². The van der Waals surface area contributed by atoms with E-state index < -0.39 is 0 Å². The summed E-state index contributed by atoms with van der Waals surface area (Å²) in [4.78, 5) is 2.56. The van der Waals surface area contributed by atoms with Crippen molar-refractivity contribution in [2.24, 2.45) is 0 Å². The Morgan fingerprint density at radius 1 is 1.25 bits per heavy atom. The highest BCUT2D eigenvalue weighted by molar-refractivity contribution is 4.74. The second kappa shape index (κ2) is 8.08. The van der Waals surface area contributed by atoms with Crippen molar-refractivity contribution >= 4 is 0 Å². The molecule has 1 aliphatic rings. The maximum atomic E-state index is 3.61. The molecule has 0 aromatic rings. The van der Waals surface area contributed by atoms with Crippen molar-refractivity contribution in [3.05, 3.63) is 0 Å². The Balaban J connectivity index is 2.07. The summed E-state index contributed by atoms with van der Waals surface area (Å²) >= 11 is 0. The summed E-state index contributed by atoms with van der Waals surface area (Å²) in [5.74, 6) is 0. The van der Waals surface area contributed by atoms with Crippen molar-refractivity contribution in [3.8, 4) is 0 Å². The average Bonchev–Trinajstić information content (AvgIpc) is 2.30. The van der Waals surface area contributed by atoms with Crippen LogP contribution in [0.1, 0.15) is 58.8 Å². The summed E-state index contributed by atoms with van der Waals surface area (Å²) in [6, 6.07) is 1.54. The molecule has 1 unspecified atom stereocenters. The van der Waals surface area contributed by atoms with E-state index in [1.807, 2.05) is 0 Å². The highest BCUT2D eigenvalue weighted by atomic mass is 15.1. The molecule has 0 bridgehead atoms. The zero-order valence-electron chi connectivity index (χ0n) is 11.5. The average molecular weight is 226 g/mol. The second-order valence-corrected chi connectivity index (χ2v) is 5.42. The van der Waals surface area contributed by atoms with E-state index in [0.717, 1.165) is 12.6 Å². The fourth-order valence-corrected chi connectivity index (χ4v) is 2.73. The molecule has 16 heavy (non-hydrogen) atoms. The lowest BCUT2D eigenvalue weighted by molar-refractivity contribution is 0.190. The molecule has 2 heteroatoms. The van der Waals surface area contributed by atoms with Gasteiger partial charge in [-0.2, -0.15) is 0 Å². The van der Waals surface area contributed by atoms with Gasteiger partial charge in [0.15, 0.2) is 0 Å². The molecule has 1 rings (SSSR count). The van der Waals surface area contributed by atoms with Gasteiger partial charge in [0.05, 0.1) is 0 Å². The second-order valence-electron chi connectivity index (χ2n) is 5.42. The predicted molar refractivity (Wildman–Crippen MR) is 71.9 cm³/mol. The van der Waals surface area contributed by atoms with E-state index in [1.165, 1.54) is 51.5 Å². The molecule has 1 atom stereocenters. The minimum atomic E-state index is 0.685. The van der Waals surface area contributed by atoms with Gasteiger partial charge in [0.2, 0.25) is 0 Å². The van der Waals surface area contributed by atoms with Crippen molar-refractivity contribution in [2.45, 2.75) is 70.9 Å². The monoisotopic (exact) mass is 226 g/mol. The van der Waals surface area contributed by atoms with Gasteiger partial charge >= 0.3 is 0 Å². The fraction of sp³-hybridized carbons (Fsp3) is 1.00. The van der Waals surface area contributed by atoms with Crippen LogP contribution in [0.25, 0.3) is 0 Å². The van der Waals surface area contributed by atoms with Crippen molar-refractivity contribution in [1.29, 1.82) is 0 Å². The molecule has 96 valence electrons. The Kier molecular flexibility index (Phi) is 7.06. The third-order valence-corrected chi connectivity index (χ3v) is 3.88. The Bertz CT molecular complexity index is 164. The summed E-state index contributed by atoms with van der Waals surface area (Å²) in [6.45, 7) is 6.91. The first-order valence-electron chi connectivity index (χ1n) is 7.17. The lowest BCUT2D eigenvalue weighted by atomic mass is 9.94. The van der Waals surface area contributed by atoms with E-state index in [9.17, 15) is 0 Å². The van der Waals surface area contributed by atoms with Gasteiger partial charge in [0, 0.05) is 25.2 Å². The van der Waals surface area contributed by atoms with Crippen molar-refractivity contribution in [2.75, 3.05) is 20.1 Å². The Morgan fingerprint density at radius 2 is 1.94 bits per heavy atom. The van der Waals surface area contributed by atoms with Crippen LogP contribution in [-0.2, 0) is 0 Å². The first-order chi connectivity index (χ1) is 7.74. The molecular formula is C14H30N2. The molecule has 2 nitrogen and oxygen atoms in total. The molecule has 1 aliphatic carbocycles.